The van der Waals surface area contributed by atoms with E-state index in [4.69, 9.17) is 10.5 Å². The van der Waals surface area contributed by atoms with Crippen molar-refractivity contribution in [3.63, 3.8) is 0 Å². The molecule has 3 amide bonds. The third kappa shape index (κ3) is 2.57. The summed E-state index contributed by atoms with van der Waals surface area (Å²) in [6, 6.07) is 12.8. The maximum Gasteiger partial charge on any atom is 0.325 e. The van der Waals surface area contributed by atoms with E-state index in [-0.39, 0.29) is 25.2 Å². The van der Waals surface area contributed by atoms with E-state index < -0.39 is 17.8 Å². The zero-order valence-corrected chi connectivity index (χ0v) is 13.3. The fourth-order valence-corrected chi connectivity index (χ4v) is 3.44. The normalized spacial score (nSPS) is 21.6. The topological polar surface area (TPSA) is 75.9 Å². The van der Waals surface area contributed by atoms with Crippen LogP contribution in [0.5, 0.6) is 5.75 Å². The summed E-state index contributed by atoms with van der Waals surface area (Å²) >= 11 is 0. The highest BCUT2D eigenvalue weighted by Gasteiger charge is 2.48. The van der Waals surface area contributed by atoms with E-state index in [2.05, 4.69) is 0 Å². The number of fused-ring (bicyclic) bond motifs is 3. The van der Waals surface area contributed by atoms with Gasteiger partial charge in [0.15, 0.2) is 0 Å². The molecule has 0 bridgehead atoms. The van der Waals surface area contributed by atoms with Crippen LogP contribution in [0.15, 0.2) is 48.5 Å². The molecule has 0 radical (unpaired) electrons. The smallest absolute Gasteiger partial charge is 0.325 e. The van der Waals surface area contributed by atoms with Crippen LogP contribution in [-0.4, -0.2) is 36.0 Å². The van der Waals surface area contributed by atoms with Crippen molar-refractivity contribution in [3.05, 3.63) is 59.9 Å². The molecule has 2 unspecified atom stereocenters. The Morgan fingerprint density at radius 1 is 1.24 bits per heavy atom. The molecule has 2 aliphatic rings. The average molecular weight is 341 g/mol. The van der Waals surface area contributed by atoms with Crippen LogP contribution in [-0.2, 0) is 4.79 Å². The number of nitrogens with zero attached hydrogens (tertiary/aromatic N) is 2. The molecule has 6 nitrogen and oxygen atoms in total. The first-order chi connectivity index (χ1) is 12.0. The zero-order valence-electron chi connectivity index (χ0n) is 13.3. The molecular weight excluding hydrogens is 325 g/mol. The van der Waals surface area contributed by atoms with E-state index in [9.17, 15) is 14.0 Å². The average Bonchev–Trinajstić information content (AvgIpc) is 2.91. The monoisotopic (exact) mass is 341 g/mol. The Morgan fingerprint density at radius 3 is 2.72 bits per heavy atom. The van der Waals surface area contributed by atoms with Gasteiger partial charge in [0.05, 0.1) is 11.7 Å². The summed E-state index contributed by atoms with van der Waals surface area (Å²) in [5.74, 6) is -0.619. The van der Waals surface area contributed by atoms with E-state index >= 15 is 0 Å². The van der Waals surface area contributed by atoms with Crippen LogP contribution in [0.1, 0.15) is 11.7 Å². The predicted molar refractivity (Wildman–Crippen MR) is 88.6 cm³/mol. The minimum Gasteiger partial charge on any atom is -0.481 e. The van der Waals surface area contributed by atoms with Crippen LogP contribution in [0.4, 0.5) is 14.9 Å². The van der Waals surface area contributed by atoms with Crippen molar-refractivity contribution in [2.75, 3.05) is 18.0 Å². The number of anilines is 1. The Bertz CT molecular complexity index is 843. The minimum atomic E-state index is -0.593. The van der Waals surface area contributed by atoms with Crippen LogP contribution in [0.3, 0.4) is 0 Å². The van der Waals surface area contributed by atoms with Crippen molar-refractivity contribution in [3.8, 4) is 5.75 Å². The largest absolute Gasteiger partial charge is 0.481 e. The van der Waals surface area contributed by atoms with Crippen molar-refractivity contribution in [2.45, 2.75) is 12.1 Å². The number of nitrogens with two attached hydrogens (primary N) is 1. The first kappa shape index (κ1) is 15.4. The first-order valence-corrected chi connectivity index (χ1v) is 7.92. The van der Waals surface area contributed by atoms with Gasteiger partial charge >= 0.3 is 6.03 Å². The van der Waals surface area contributed by atoms with Gasteiger partial charge < -0.3 is 15.4 Å². The second-order valence-electron chi connectivity index (χ2n) is 6.13. The minimum absolute atomic E-state index is 0.183. The summed E-state index contributed by atoms with van der Waals surface area (Å²) in [6.45, 7) is 0.0925. The SMILES string of the molecule is NC(=O)CN1CC2C(c3ccccc3)Oc3ccc(F)cc3N2C1=O. The maximum atomic E-state index is 13.7. The molecule has 0 aliphatic carbocycles. The Hall–Kier alpha value is -3.09. The number of primary amides is 1. The van der Waals surface area contributed by atoms with E-state index in [0.29, 0.717) is 11.4 Å². The number of carbonyl (C=O) groups is 2. The number of rotatable bonds is 3. The lowest BCUT2D eigenvalue weighted by Gasteiger charge is -2.37. The molecule has 0 saturated carbocycles. The molecule has 2 aliphatic heterocycles. The molecule has 0 spiro atoms. The van der Waals surface area contributed by atoms with Gasteiger partial charge in [0.2, 0.25) is 5.91 Å². The van der Waals surface area contributed by atoms with Crippen molar-refractivity contribution < 1.29 is 18.7 Å². The summed E-state index contributed by atoms with van der Waals surface area (Å²) in [6.07, 6.45) is -0.416. The number of halogens is 1. The van der Waals surface area contributed by atoms with Crippen LogP contribution < -0.4 is 15.4 Å². The number of benzene rings is 2. The third-order valence-corrected chi connectivity index (χ3v) is 4.47. The van der Waals surface area contributed by atoms with Crippen molar-refractivity contribution in [1.29, 1.82) is 0 Å². The summed E-state index contributed by atoms with van der Waals surface area (Å²) in [5.41, 5.74) is 6.52. The van der Waals surface area contributed by atoms with Gasteiger partial charge in [0.25, 0.3) is 0 Å². The second-order valence-corrected chi connectivity index (χ2v) is 6.13. The van der Waals surface area contributed by atoms with Gasteiger partial charge in [-0.05, 0) is 17.7 Å². The molecule has 1 saturated heterocycles. The van der Waals surface area contributed by atoms with Gasteiger partial charge in [-0.2, -0.15) is 0 Å². The zero-order chi connectivity index (χ0) is 17.6. The summed E-state index contributed by atoms with van der Waals surface area (Å²) < 4.78 is 19.8. The van der Waals surface area contributed by atoms with E-state index in [1.807, 2.05) is 30.3 Å². The van der Waals surface area contributed by atoms with Crippen LogP contribution >= 0.6 is 0 Å². The Morgan fingerprint density at radius 2 is 2.00 bits per heavy atom. The molecule has 128 valence electrons. The number of hydrogen-bond donors (Lipinski definition) is 1. The fraction of sp³-hybridized carbons (Fsp3) is 0.222. The highest BCUT2D eigenvalue weighted by atomic mass is 19.1. The van der Waals surface area contributed by atoms with Gasteiger partial charge in [0.1, 0.15) is 24.2 Å². The summed E-state index contributed by atoms with van der Waals surface area (Å²) in [4.78, 5) is 26.9. The molecule has 2 N–H and O–H groups in total. The molecule has 7 heteroatoms. The van der Waals surface area contributed by atoms with Crippen molar-refractivity contribution >= 4 is 17.6 Å². The number of ether oxygens (including phenoxy) is 1. The molecular formula is C18H16FN3O3. The molecule has 2 heterocycles. The van der Waals surface area contributed by atoms with Crippen LogP contribution in [0.2, 0.25) is 0 Å². The van der Waals surface area contributed by atoms with Gasteiger partial charge in [0, 0.05) is 12.6 Å². The standard InChI is InChI=1S/C18H16FN3O3/c19-12-6-7-15-13(8-12)22-14(9-21(18(22)24)10-16(20)23)17(25-15)11-4-2-1-3-5-11/h1-8,14,17H,9-10H2,(H2,20,23). The van der Waals surface area contributed by atoms with Crippen molar-refractivity contribution in [1.82, 2.24) is 4.90 Å². The second kappa shape index (κ2) is 5.77. The summed E-state index contributed by atoms with van der Waals surface area (Å²) in [7, 11) is 0. The highest BCUT2D eigenvalue weighted by Crippen LogP contribution is 2.44. The molecule has 2 atom stereocenters. The van der Waals surface area contributed by atoms with Gasteiger partial charge in [-0.25, -0.2) is 9.18 Å². The molecule has 25 heavy (non-hydrogen) atoms. The highest BCUT2D eigenvalue weighted by molar-refractivity contribution is 5.99. The van der Waals surface area contributed by atoms with E-state index in [0.717, 1.165) is 5.56 Å². The maximum absolute atomic E-state index is 13.7. The molecule has 2 aromatic carbocycles. The predicted octanol–water partition coefficient (Wildman–Crippen LogP) is 2.06. The molecule has 1 fully saturated rings. The van der Waals surface area contributed by atoms with E-state index in [1.54, 1.807) is 0 Å². The number of urea groups is 1. The lowest BCUT2D eigenvalue weighted by molar-refractivity contribution is -0.118. The lowest BCUT2D eigenvalue weighted by Crippen LogP contribution is -2.44. The number of hydrogen-bond acceptors (Lipinski definition) is 3. The summed E-state index contributed by atoms with van der Waals surface area (Å²) in [5, 5.41) is 0. The fourth-order valence-electron chi connectivity index (χ4n) is 3.44. The van der Waals surface area contributed by atoms with Crippen LogP contribution in [0.25, 0.3) is 0 Å². The van der Waals surface area contributed by atoms with Gasteiger partial charge in [-0.1, -0.05) is 30.3 Å². The lowest BCUT2D eigenvalue weighted by atomic mass is 9.99. The Balaban J connectivity index is 1.79. The Kier molecular flexibility index (Phi) is 3.56. The van der Waals surface area contributed by atoms with Crippen molar-refractivity contribution in [2.24, 2.45) is 5.73 Å². The van der Waals surface area contributed by atoms with Crippen LogP contribution in [0, 0.1) is 5.82 Å². The molecule has 4 rings (SSSR count). The van der Waals surface area contributed by atoms with Gasteiger partial charge in [-0.3, -0.25) is 9.69 Å². The number of carbonyl (C=O) groups excluding carboxylic acids is 2. The number of amides is 3. The third-order valence-electron chi connectivity index (χ3n) is 4.47. The quantitative estimate of drug-likeness (QED) is 0.928. The van der Waals surface area contributed by atoms with Gasteiger partial charge in [-0.15, -0.1) is 0 Å². The first-order valence-electron chi connectivity index (χ1n) is 7.92. The molecule has 0 aromatic heterocycles. The molecule has 2 aromatic rings. The van der Waals surface area contributed by atoms with E-state index in [1.165, 1.54) is 28.0 Å². The Labute approximate surface area is 143 Å².